The lowest BCUT2D eigenvalue weighted by Gasteiger charge is -2.30. The quantitative estimate of drug-likeness (QED) is 0.746. The van der Waals surface area contributed by atoms with Crippen molar-refractivity contribution in [3.8, 4) is 0 Å². The maximum Gasteiger partial charge on any atom is 0.325 e. The fraction of sp³-hybridized carbons (Fsp3) is 0.833. The van der Waals surface area contributed by atoms with Gasteiger partial charge in [0.25, 0.3) is 0 Å². The Labute approximate surface area is 112 Å². The smallest absolute Gasteiger partial charge is 0.325 e. The van der Waals surface area contributed by atoms with Crippen LogP contribution in [0.4, 0.5) is 4.79 Å². The molecule has 0 radical (unpaired) electrons. The van der Waals surface area contributed by atoms with Crippen molar-refractivity contribution in [3.05, 3.63) is 0 Å². The molecule has 6 heteroatoms. The number of urea groups is 1. The molecular weight excluding hydrogens is 252 g/mol. The average molecular weight is 274 g/mol. The van der Waals surface area contributed by atoms with Crippen LogP contribution in [-0.4, -0.2) is 42.7 Å². The lowest BCUT2D eigenvalue weighted by atomic mass is 9.95. The minimum absolute atomic E-state index is 0.0731. The fourth-order valence-corrected chi connectivity index (χ4v) is 3.06. The second-order valence-electron chi connectivity index (χ2n) is 4.30. The minimum atomic E-state index is -0.405. The largest absolute Gasteiger partial charge is 0.465 e. The van der Waals surface area contributed by atoms with E-state index in [1.807, 2.05) is 0 Å². The zero-order chi connectivity index (χ0) is 13.4. The molecule has 0 aromatic rings. The molecular formula is C12H22N2O3S. The number of amides is 2. The molecule has 0 aromatic heterocycles. The summed E-state index contributed by atoms with van der Waals surface area (Å²) in [4.78, 5) is 22.7. The van der Waals surface area contributed by atoms with Gasteiger partial charge in [-0.3, -0.25) is 4.79 Å². The van der Waals surface area contributed by atoms with E-state index in [2.05, 4.69) is 16.9 Å². The van der Waals surface area contributed by atoms with E-state index < -0.39 is 5.97 Å². The standard InChI is InChI=1S/C12H22N2O3S/c1-3-17-11(15)8-13-12(16)14-9-6-4-5-7-10(9)18-2/h9-10H,3-8H2,1-2H3,(H2,13,14,16). The Hall–Kier alpha value is -0.910. The van der Waals surface area contributed by atoms with Crippen molar-refractivity contribution in [2.45, 2.75) is 43.9 Å². The second-order valence-corrected chi connectivity index (χ2v) is 5.37. The third-order valence-corrected chi connectivity index (χ3v) is 4.19. The molecule has 18 heavy (non-hydrogen) atoms. The van der Waals surface area contributed by atoms with Crippen LogP contribution in [0.1, 0.15) is 32.6 Å². The Balaban J connectivity index is 2.27. The summed E-state index contributed by atoms with van der Waals surface area (Å²) in [6, 6.07) is -0.0788. The topological polar surface area (TPSA) is 67.4 Å². The van der Waals surface area contributed by atoms with E-state index in [4.69, 9.17) is 4.74 Å². The molecule has 1 saturated carbocycles. The monoisotopic (exact) mass is 274 g/mol. The van der Waals surface area contributed by atoms with Crippen molar-refractivity contribution in [1.29, 1.82) is 0 Å². The highest BCUT2D eigenvalue weighted by Crippen LogP contribution is 2.26. The van der Waals surface area contributed by atoms with Gasteiger partial charge in [0.15, 0.2) is 0 Å². The van der Waals surface area contributed by atoms with Crippen LogP contribution in [0, 0.1) is 0 Å². The number of esters is 1. The third kappa shape index (κ3) is 5.16. The van der Waals surface area contributed by atoms with Gasteiger partial charge in [-0.1, -0.05) is 12.8 Å². The van der Waals surface area contributed by atoms with Crippen LogP contribution in [0.25, 0.3) is 0 Å². The third-order valence-electron chi connectivity index (χ3n) is 3.02. The van der Waals surface area contributed by atoms with Crippen LogP contribution in [0.2, 0.25) is 0 Å². The molecule has 1 fully saturated rings. The summed E-state index contributed by atoms with van der Waals surface area (Å²) in [5, 5.41) is 5.94. The molecule has 1 aliphatic rings. The number of nitrogens with one attached hydrogen (secondary N) is 2. The molecule has 0 bridgehead atoms. The van der Waals surface area contributed by atoms with E-state index in [1.54, 1.807) is 18.7 Å². The van der Waals surface area contributed by atoms with Gasteiger partial charge in [-0.2, -0.15) is 11.8 Å². The minimum Gasteiger partial charge on any atom is -0.465 e. The van der Waals surface area contributed by atoms with Gasteiger partial charge in [0.1, 0.15) is 6.54 Å². The van der Waals surface area contributed by atoms with Crippen molar-refractivity contribution in [2.24, 2.45) is 0 Å². The van der Waals surface area contributed by atoms with Crippen molar-refractivity contribution in [1.82, 2.24) is 10.6 Å². The van der Waals surface area contributed by atoms with Crippen LogP contribution in [0.5, 0.6) is 0 Å². The summed E-state index contributed by atoms with van der Waals surface area (Å²) in [5.41, 5.74) is 0. The van der Waals surface area contributed by atoms with Crippen molar-refractivity contribution >= 4 is 23.8 Å². The zero-order valence-corrected chi connectivity index (χ0v) is 11.8. The van der Waals surface area contributed by atoms with E-state index >= 15 is 0 Å². The Morgan fingerprint density at radius 1 is 1.33 bits per heavy atom. The maximum absolute atomic E-state index is 11.6. The van der Waals surface area contributed by atoms with Gasteiger partial charge < -0.3 is 15.4 Å². The molecule has 0 spiro atoms. The molecule has 2 unspecified atom stereocenters. The molecule has 1 aliphatic carbocycles. The van der Waals surface area contributed by atoms with Crippen LogP contribution in [0.15, 0.2) is 0 Å². The molecule has 5 nitrogen and oxygen atoms in total. The molecule has 0 aliphatic heterocycles. The summed E-state index contributed by atoms with van der Waals surface area (Å²) in [7, 11) is 0. The van der Waals surface area contributed by atoms with Crippen LogP contribution >= 0.6 is 11.8 Å². The van der Waals surface area contributed by atoms with Gasteiger partial charge in [-0.25, -0.2) is 4.79 Å². The lowest BCUT2D eigenvalue weighted by molar-refractivity contribution is -0.141. The van der Waals surface area contributed by atoms with Gasteiger partial charge in [-0.05, 0) is 26.0 Å². The lowest BCUT2D eigenvalue weighted by Crippen LogP contribution is -2.49. The zero-order valence-electron chi connectivity index (χ0n) is 11.0. The summed E-state index contributed by atoms with van der Waals surface area (Å²) in [6.07, 6.45) is 6.61. The fourth-order valence-electron chi connectivity index (χ4n) is 2.13. The summed E-state index contributed by atoms with van der Waals surface area (Å²) in [6.45, 7) is 2.00. The number of rotatable bonds is 5. The molecule has 0 saturated heterocycles. The molecule has 1 rings (SSSR count). The Morgan fingerprint density at radius 3 is 2.72 bits per heavy atom. The number of hydrogen-bond acceptors (Lipinski definition) is 4. The van der Waals surface area contributed by atoms with Crippen LogP contribution in [-0.2, 0) is 9.53 Å². The number of carbonyl (C=O) groups is 2. The molecule has 104 valence electrons. The Morgan fingerprint density at radius 2 is 2.06 bits per heavy atom. The van der Waals surface area contributed by atoms with Crippen LogP contribution < -0.4 is 10.6 Å². The predicted octanol–water partition coefficient (Wildman–Crippen LogP) is 1.52. The Kier molecular flexibility index (Phi) is 6.93. The van der Waals surface area contributed by atoms with Gasteiger partial charge in [0.2, 0.25) is 0 Å². The van der Waals surface area contributed by atoms with Crippen molar-refractivity contribution in [3.63, 3.8) is 0 Å². The highest BCUT2D eigenvalue weighted by atomic mass is 32.2. The molecule has 0 heterocycles. The van der Waals surface area contributed by atoms with Crippen LogP contribution in [0.3, 0.4) is 0 Å². The number of thioether (sulfide) groups is 1. The first kappa shape index (κ1) is 15.1. The first-order valence-electron chi connectivity index (χ1n) is 6.40. The first-order chi connectivity index (χ1) is 8.67. The van der Waals surface area contributed by atoms with Gasteiger partial charge in [0, 0.05) is 11.3 Å². The van der Waals surface area contributed by atoms with Gasteiger partial charge in [0.05, 0.1) is 6.61 Å². The van der Waals surface area contributed by atoms with Gasteiger partial charge >= 0.3 is 12.0 Å². The normalized spacial score (nSPS) is 23.2. The van der Waals surface area contributed by atoms with E-state index in [-0.39, 0.29) is 18.6 Å². The van der Waals surface area contributed by atoms with Crippen molar-refractivity contribution in [2.75, 3.05) is 19.4 Å². The van der Waals surface area contributed by atoms with E-state index in [0.29, 0.717) is 11.9 Å². The van der Waals surface area contributed by atoms with Crippen molar-refractivity contribution < 1.29 is 14.3 Å². The van der Waals surface area contributed by atoms with E-state index in [9.17, 15) is 9.59 Å². The average Bonchev–Trinajstić information content (AvgIpc) is 2.37. The maximum atomic E-state index is 11.6. The molecule has 2 amide bonds. The summed E-state index contributed by atoms with van der Waals surface area (Å²) in [5.74, 6) is -0.405. The second kappa shape index (κ2) is 8.24. The molecule has 0 aromatic carbocycles. The SMILES string of the molecule is CCOC(=O)CNC(=O)NC1CCCCC1SC. The highest BCUT2D eigenvalue weighted by molar-refractivity contribution is 7.99. The van der Waals surface area contributed by atoms with E-state index in [0.717, 1.165) is 19.3 Å². The predicted molar refractivity (Wildman–Crippen MR) is 72.7 cm³/mol. The first-order valence-corrected chi connectivity index (χ1v) is 7.69. The Bertz CT molecular complexity index is 286. The van der Waals surface area contributed by atoms with E-state index in [1.165, 1.54) is 6.42 Å². The highest BCUT2D eigenvalue weighted by Gasteiger charge is 2.25. The molecule has 2 atom stereocenters. The number of ether oxygens (including phenoxy) is 1. The molecule has 2 N–H and O–H groups in total. The van der Waals surface area contributed by atoms with Gasteiger partial charge in [-0.15, -0.1) is 0 Å². The summed E-state index contributed by atoms with van der Waals surface area (Å²) < 4.78 is 4.74. The summed E-state index contributed by atoms with van der Waals surface area (Å²) >= 11 is 1.79. The number of carbonyl (C=O) groups excluding carboxylic acids is 2. The number of hydrogen-bond donors (Lipinski definition) is 2.